The Kier molecular flexibility index (Phi) is 2.97. The number of carbonyl (C=O) groups excluding carboxylic acids is 2. The van der Waals surface area contributed by atoms with E-state index in [9.17, 15) is 14.4 Å². The molecule has 1 aliphatic rings. The molecule has 0 aromatic carbocycles. The molecule has 0 aromatic heterocycles. The lowest BCUT2D eigenvalue weighted by Crippen LogP contribution is -2.53. The van der Waals surface area contributed by atoms with Crippen molar-refractivity contribution in [3.63, 3.8) is 0 Å². The van der Waals surface area contributed by atoms with Crippen molar-refractivity contribution in [3.05, 3.63) is 0 Å². The normalized spacial score (nSPS) is 25.1. The topological polar surface area (TPSA) is 83.9 Å². The summed E-state index contributed by atoms with van der Waals surface area (Å²) in [4.78, 5) is 34.5. The highest BCUT2D eigenvalue weighted by atomic mass is 16.5. The molecule has 0 spiro atoms. The van der Waals surface area contributed by atoms with Crippen LogP contribution in [0.4, 0.5) is 0 Å². The van der Waals surface area contributed by atoms with Crippen molar-refractivity contribution >= 4 is 17.8 Å². The first-order valence-corrected chi connectivity index (χ1v) is 4.57. The number of likely N-dealkylation sites (tertiary alicyclic amines) is 1. The van der Waals surface area contributed by atoms with Crippen molar-refractivity contribution in [2.45, 2.75) is 25.3 Å². The van der Waals surface area contributed by atoms with Crippen LogP contribution in [-0.2, 0) is 19.1 Å². The van der Waals surface area contributed by atoms with Crippen LogP contribution in [0.2, 0.25) is 0 Å². The summed E-state index contributed by atoms with van der Waals surface area (Å²) < 4.78 is 4.27. The van der Waals surface area contributed by atoms with Crippen LogP contribution in [0, 0.1) is 0 Å². The zero-order chi connectivity index (χ0) is 11.6. The quantitative estimate of drug-likeness (QED) is 0.476. The molecule has 0 unspecified atom stereocenters. The molecule has 15 heavy (non-hydrogen) atoms. The van der Waals surface area contributed by atoms with Gasteiger partial charge >= 0.3 is 17.8 Å². The third-order valence-electron chi connectivity index (χ3n) is 2.71. The number of hydrogen-bond donors (Lipinski definition) is 1. The van der Waals surface area contributed by atoms with Crippen molar-refractivity contribution in [3.8, 4) is 0 Å². The van der Waals surface area contributed by atoms with Crippen LogP contribution in [0.5, 0.6) is 0 Å². The Hall–Kier alpha value is -1.59. The van der Waals surface area contributed by atoms with Gasteiger partial charge in [-0.05, 0) is 19.8 Å². The van der Waals surface area contributed by atoms with E-state index in [1.54, 1.807) is 0 Å². The third kappa shape index (κ3) is 1.79. The Morgan fingerprint density at radius 3 is 2.47 bits per heavy atom. The number of methoxy groups -OCH3 is 1. The summed E-state index contributed by atoms with van der Waals surface area (Å²) in [5.74, 6) is -3.01. The van der Waals surface area contributed by atoms with Gasteiger partial charge in [0.2, 0.25) is 0 Å². The Morgan fingerprint density at radius 1 is 1.40 bits per heavy atom. The Morgan fingerprint density at radius 2 is 2.00 bits per heavy atom. The summed E-state index contributed by atoms with van der Waals surface area (Å²) in [5, 5.41) is 9.00. The number of carbonyl (C=O) groups is 3. The Balaban J connectivity index is 2.90. The zero-order valence-electron chi connectivity index (χ0n) is 8.65. The predicted molar refractivity (Wildman–Crippen MR) is 49.0 cm³/mol. The van der Waals surface area contributed by atoms with Crippen LogP contribution >= 0.6 is 0 Å². The summed E-state index contributed by atoms with van der Waals surface area (Å²) in [7, 11) is 1.09. The zero-order valence-corrected chi connectivity index (χ0v) is 8.65. The van der Waals surface area contributed by atoms with E-state index in [0.717, 1.165) is 12.0 Å². The van der Waals surface area contributed by atoms with Crippen molar-refractivity contribution in [1.29, 1.82) is 0 Å². The fourth-order valence-corrected chi connectivity index (χ4v) is 1.71. The minimum Gasteiger partial charge on any atom is -0.480 e. The molecule has 1 saturated heterocycles. The highest BCUT2D eigenvalue weighted by Gasteiger charge is 2.47. The number of hydrogen-bond acceptors (Lipinski definition) is 4. The molecule has 1 fully saturated rings. The van der Waals surface area contributed by atoms with Gasteiger partial charge in [0.25, 0.3) is 0 Å². The number of ether oxygens (including phenoxy) is 1. The van der Waals surface area contributed by atoms with Crippen LogP contribution in [-0.4, -0.2) is 47.0 Å². The fourth-order valence-electron chi connectivity index (χ4n) is 1.71. The number of esters is 1. The summed E-state index contributed by atoms with van der Waals surface area (Å²) in [6.07, 6.45) is 0.927. The third-order valence-corrected chi connectivity index (χ3v) is 2.71. The van der Waals surface area contributed by atoms with Crippen molar-refractivity contribution in [2.75, 3.05) is 13.7 Å². The average molecular weight is 215 g/mol. The molecule has 84 valence electrons. The number of nitrogens with zero attached hydrogens (tertiary/aromatic N) is 1. The molecule has 0 saturated carbocycles. The first kappa shape index (κ1) is 11.5. The molecule has 1 aliphatic heterocycles. The smallest absolute Gasteiger partial charge is 0.396 e. The van der Waals surface area contributed by atoms with E-state index in [1.807, 2.05) is 0 Å². The van der Waals surface area contributed by atoms with Gasteiger partial charge in [0.1, 0.15) is 5.54 Å². The van der Waals surface area contributed by atoms with Gasteiger partial charge in [-0.15, -0.1) is 0 Å². The minimum atomic E-state index is -1.29. The van der Waals surface area contributed by atoms with Crippen molar-refractivity contribution < 1.29 is 24.2 Å². The van der Waals surface area contributed by atoms with E-state index in [2.05, 4.69) is 4.74 Å². The van der Waals surface area contributed by atoms with Gasteiger partial charge in [0, 0.05) is 6.54 Å². The maximum Gasteiger partial charge on any atom is 0.396 e. The van der Waals surface area contributed by atoms with Crippen LogP contribution in [0.3, 0.4) is 0 Å². The maximum absolute atomic E-state index is 11.5. The predicted octanol–water partition coefficient (Wildman–Crippen LogP) is -0.375. The first-order valence-electron chi connectivity index (χ1n) is 4.57. The van der Waals surface area contributed by atoms with E-state index >= 15 is 0 Å². The largest absolute Gasteiger partial charge is 0.480 e. The molecular weight excluding hydrogens is 202 g/mol. The van der Waals surface area contributed by atoms with Gasteiger partial charge < -0.3 is 14.7 Å². The number of aliphatic carboxylic acids is 1. The SMILES string of the molecule is COC(=O)C(=O)N1CCC[C@@]1(C)C(=O)O. The molecule has 6 nitrogen and oxygen atoms in total. The number of carboxylic acids is 1. The maximum atomic E-state index is 11.5. The van der Waals surface area contributed by atoms with Gasteiger partial charge in [-0.1, -0.05) is 0 Å². The molecule has 6 heteroatoms. The monoisotopic (exact) mass is 215 g/mol. The molecule has 0 aromatic rings. The highest BCUT2D eigenvalue weighted by Crippen LogP contribution is 2.29. The van der Waals surface area contributed by atoms with Gasteiger partial charge in [-0.2, -0.15) is 0 Å². The van der Waals surface area contributed by atoms with Gasteiger partial charge in [0.15, 0.2) is 0 Å². The first-order chi connectivity index (χ1) is 6.93. The second-order valence-electron chi connectivity index (χ2n) is 3.63. The van der Waals surface area contributed by atoms with Crippen LogP contribution in [0.1, 0.15) is 19.8 Å². The van der Waals surface area contributed by atoms with Gasteiger partial charge in [0.05, 0.1) is 7.11 Å². The molecule has 1 heterocycles. The Bertz CT molecular complexity index is 314. The lowest BCUT2D eigenvalue weighted by atomic mass is 9.99. The fraction of sp³-hybridized carbons (Fsp3) is 0.667. The van der Waals surface area contributed by atoms with E-state index < -0.39 is 23.4 Å². The second kappa shape index (κ2) is 3.88. The molecule has 1 amide bonds. The molecule has 0 bridgehead atoms. The highest BCUT2D eigenvalue weighted by molar-refractivity contribution is 6.33. The Labute approximate surface area is 86.8 Å². The van der Waals surface area contributed by atoms with E-state index in [-0.39, 0.29) is 6.54 Å². The van der Waals surface area contributed by atoms with Crippen LogP contribution in [0.15, 0.2) is 0 Å². The second-order valence-corrected chi connectivity index (χ2v) is 3.63. The number of carboxylic acid groups (broad SMARTS) is 1. The molecular formula is C9H13NO5. The molecule has 0 aliphatic carbocycles. The lowest BCUT2D eigenvalue weighted by Gasteiger charge is -2.29. The molecule has 1 atom stereocenters. The van der Waals surface area contributed by atoms with Gasteiger partial charge in [-0.3, -0.25) is 4.79 Å². The van der Waals surface area contributed by atoms with E-state index in [1.165, 1.54) is 6.92 Å². The van der Waals surface area contributed by atoms with E-state index in [4.69, 9.17) is 5.11 Å². The van der Waals surface area contributed by atoms with Crippen molar-refractivity contribution in [1.82, 2.24) is 4.90 Å². The number of amides is 1. The standard InChI is InChI=1S/C9H13NO5/c1-9(8(13)14)4-3-5-10(9)6(11)7(12)15-2/h3-5H2,1-2H3,(H,13,14)/t9-/m0/s1. The summed E-state index contributed by atoms with van der Waals surface area (Å²) in [6, 6.07) is 0. The molecule has 1 rings (SSSR count). The van der Waals surface area contributed by atoms with Gasteiger partial charge in [-0.25, -0.2) is 9.59 Å². The molecule has 0 radical (unpaired) electrons. The summed E-state index contributed by atoms with van der Waals surface area (Å²) in [6.45, 7) is 1.71. The van der Waals surface area contributed by atoms with Crippen molar-refractivity contribution in [2.24, 2.45) is 0 Å². The van der Waals surface area contributed by atoms with Crippen LogP contribution < -0.4 is 0 Å². The summed E-state index contributed by atoms with van der Waals surface area (Å²) >= 11 is 0. The van der Waals surface area contributed by atoms with E-state index in [0.29, 0.717) is 12.8 Å². The minimum absolute atomic E-state index is 0.275. The average Bonchev–Trinajstić information content (AvgIpc) is 2.59. The van der Waals surface area contributed by atoms with Crippen LogP contribution in [0.25, 0.3) is 0 Å². The number of rotatable bonds is 1. The molecule has 1 N–H and O–H groups in total. The summed E-state index contributed by atoms with van der Waals surface area (Å²) in [5.41, 5.74) is -1.29. The lowest BCUT2D eigenvalue weighted by molar-refractivity contribution is -0.165.